The van der Waals surface area contributed by atoms with Gasteiger partial charge in [0.1, 0.15) is 5.54 Å². The van der Waals surface area contributed by atoms with Crippen LogP contribution in [0.1, 0.15) is 37.2 Å². The summed E-state index contributed by atoms with van der Waals surface area (Å²) in [4.78, 5) is 13.3. The lowest BCUT2D eigenvalue weighted by Gasteiger charge is -2.37. The number of β-amino-alcohol motifs (C(OH)–C–C–N with tert-alkyl or cyclic N) is 2. The van der Waals surface area contributed by atoms with Crippen LogP contribution >= 0.6 is 0 Å². The summed E-state index contributed by atoms with van der Waals surface area (Å²) in [6.45, 7) is 3.36. The van der Waals surface area contributed by atoms with E-state index in [1.165, 1.54) is 0 Å². The van der Waals surface area contributed by atoms with Gasteiger partial charge in [-0.25, -0.2) is 0 Å². The zero-order chi connectivity index (χ0) is 18.4. The van der Waals surface area contributed by atoms with Crippen molar-refractivity contribution in [3.63, 3.8) is 0 Å². The van der Waals surface area contributed by atoms with E-state index in [1.807, 2.05) is 36.4 Å². The highest BCUT2D eigenvalue weighted by Gasteiger charge is 2.37. The number of carbonyl (C=O) groups is 1. The summed E-state index contributed by atoms with van der Waals surface area (Å²) < 4.78 is 0. The van der Waals surface area contributed by atoms with E-state index in [1.54, 1.807) is 43.0 Å². The lowest BCUT2D eigenvalue weighted by Crippen LogP contribution is -2.52. The van der Waals surface area contributed by atoms with Gasteiger partial charge in [0, 0.05) is 13.1 Å². The SMILES string of the molecule is CC(C)(C(=O)O)N(CC(O)c1ccccc1)CC(O)c1ccccc1. The highest BCUT2D eigenvalue weighted by molar-refractivity contribution is 5.77. The molecule has 2 unspecified atom stereocenters. The van der Waals surface area contributed by atoms with Crippen LogP contribution in [-0.4, -0.2) is 44.8 Å². The van der Waals surface area contributed by atoms with Crippen LogP contribution in [0.3, 0.4) is 0 Å². The quantitative estimate of drug-likeness (QED) is 0.686. The van der Waals surface area contributed by atoms with Gasteiger partial charge >= 0.3 is 5.97 Å². The van der Waals surface area contributed by atoms with E-state index < -0.39 is 23.7 Å². The number of aliphatic carboxylic acids is 1. The summed E-state index contributed by atoms with van der Waals surface area (Å²) in [6.07, 6.45) is -1.69. The third-order valence-corrected chi connectivity index (χ3v) is 4.47. The smallest absolute Gasteiger partial charge is 0.323 e. The molecule has 0 bridgehead atoms. The summed E-state index contributed by atoms with van der Waals surface area (Å²) in [5.41, 5.74) is 0.191. The van der Waals surface area contributed by atoms with Crippen LogP contribution in [0.5, 0.6) is 0 Å². The molecule has 0 aromatic heterocycles. The summed E-state index contributed by atoms with van der Waals surface area (Å²) >= 11 is 0. The summed E-state index contributed by atoms with van der Waals surface area (Å²) in [5.74, 6) is -1.01. The van der Waals surface area contributed by atoms with Gasteiger partial charge in [-0.1, -0.05) is 60.7 Å². The number of aliphatic hydroxyl groups excluding tert-OH is 2. The topological polar surface area (TPSA) is 81.0 Å². The Morgan fingerprint density at radius 3 is 1.56 bits per heavy atom. The standard InChI is InChI=1S/C20H25NO4/c1-20(2,19(24)25)21(13-17(22)15-9-5-3-6-10-15)14-18(23)16-11-7-4-8-12-16/h3-12,17-18,22-23H,13-14H2,1-2H3,(H,24,25). The fourth-order valence-corrected chi connectivity index (χ4v) is 2.64. The van der Waals surface area contributed by atoms with Crippen LogP contribution in [-0.2, 0) is 4.79 Å². The number of rotatable bonds is 8. The van der Waals surface area contributed by atoms with Gasteiger partial charge in [0.2, 0.25) is 0 Å². The van der Waals surface area contributed by atoms with Crippen molar-refractivity contribution < 1.29 is 20.1 Å². The van der Waals surface area contributed by atoms with Crippen LogP contribution in [0.4, 0.5) is 0 Å². The first-order valence-electron chi connectivity index (χ1n) is 8.27. The minimum atomic E-state index is -1.23. The van der Waals surface area contributed by atoms with Gasteiger partial charge in [0.05, 0.1) is 12.2 Å². The molecule has 0 amide bonds. The Balaban J connectivity index is 2.20. The van der Waals surface area contributed by atoms with Gasteiger partial charge in [-0.15, -0.1) is 0 Å². The van der Waals surface area contributed by atoms with Crippen molar-refractivity contribution in [2.75, 3.05) is 13.1 Å². The minimum absolute atomic E-state index is 0.104. The second-order valence-corrected chi connectivity index (χ2v) is 6.62. The molecular formula is C20H25NO4. The van der Waals surface area contributed by atoms with Gasteiger partial charge in [0.25, 0.3) is 0 Å². The predicted octanol–water partition coefficient (Wildman–Crippen LogP) is 2.62. The molecule has 0 saturated carbocycles. The highest BCUT2D eigenvalue weighted by Crippen LogP contribution is 2.24. The maximum Gasteiger partial charge on any atom is 0.323 e. The number of benzene rings is 2. The Hall–Kier alpha value is -2.21. The van der Waals surface area contributed by atoms with Crippen LogP contribution in [0, 0.1) is 0 Å². The Morgan fingerprint density at radius 2 is 1.24 bits per heavy atom. The largest absolute Gasteiger partial charge is 0.480 e. The monoisotopic (exact) mass is 343 g/mol. The average molecular weight is 343 g/mol. The second-order valence-electron chi connectivity index (χ2n) is 6.62. The average Bonchev–Trinajstić information content (AvgIpc) is 2.62. The first-order valence-corrected chi connectivity index (χ1v) is 8.27. The van der Waals surface area contributed by atoms with Gasteiger partial charge in [-0.05, 0) is 25.0 Å². The Kier molecular flexibility index (Phi) is 6.31. The molecular weight excluding hydrogens is 318 g/mol. The minimum Gasteiger partial charge on any atom is -0.480 e. The third kappa shape index (κ3) is 4.89. The molecule has 2 atom stereocenters. The van der Waals surface area contributed by atoms with Gasteiger partial charge in [-0.3, -0.25) is 9.69 Å². The Bertz CT molecular complexity index is 625. The summed E-state index contributed by atoms with van der Waals surface area (Å²) in [7, 11) is 0. The van der Waals surface area contributed by atoms with Gasteiger partial charge < -0.3 is 15.3 Å². The van der Waals surface area contributed by atoms with E-state index in [0.29, 0.717) is 11.1 Å². The van der Waals surface area contributed by atoms with Crippen molar-refractivity contribution in [3.05, 3.63) is 71.8 Å². The highest BCUT2D eigenvalue weighted by atomic mass is 16.4. The predicted molar refractivity (Wildman–Crippen MR) is 96.1 cm³/mol. The van der Waals surface area contributed by atoms with Crippen molar-refractivity contribution in [1.29, 1.82) is 0 Å². The second kappa shape index (κ2) is 8.25. The van der Waals surface area contributed by atoms with Crippen molar-refractivity contribution in [2.24, 2.45) is 0 Å². The molecule has 0 aliphatic rings. The van der Waals surface area contributed by atoms with Crippen molar-refractivity contribution in [2.45, 2.75) is 31.6 Å². The molecule has 5 heteroatoms. The summed E-state index contributed by atoms with van der Waals surface area (Å²) in [6, 6.07) is 18.2. The van der Waals surface area contributed by atoms with Crippen LogP contribution < -0.4 is 0 Å². The van der Waals surface area contributed by atoms with Gasteiger partial charge in [0.15, 0.2) is 0 Å². The first kappa shape index (κ1) is 19.1. The number of nitrogens with zero attached hydrogens (tertiary/aromatic N) is 1. The maximum atomic E-state index is 11.7. The molecule has 2 aromatic rings. The summed E-state index contributed by atoms with van der Waals surface area (Å²) in [5, 5.41) is 30.6. The van der Waals surface area contributed by atoms with Crippen molar-refractivity contribution in [1.82, 2.24) is 4.90 Å². The molecule has 0 fully saturated rings. The molecule has 0 radical (unpaired) electrons. The van der Waals surface area contributed by atoms with E-state index in [0.717, 1.165) is 0 Å². The molecule has 0 aliphatic heterocycles. The molecule has 25 heavy (non-hydrogen) atoms. The lowest BCUT2D eigenvalue weighted by atomic mass is 9.98. The molecule has 0 saturated heterocycles. The Labute approximate surface area is 148 Å². The number of carboxylic acids is 1. The molecule has 0 spiro atoms. The lowest BCUT2D eigenvalue weighted by molar-refractivity contribution is -0.151. The van der Waals surface area contributed by atoms with E-state index in [4.69, 9.17) is 0 Å². The van der Waals surface area contributed by atoms with Crippen LogP contribution in [0.25, 0.3) is 0 Å². The first-order chi connectivity index (χ1) is 11.8. The molecule has 2 rings (SSSR count). The number of hydrogen-bond donors (Lipinski definition) is 3. The molecule has 3 N–H and O–H groups in total. The van der Waals surface area contributed by atoms with E-state index >= 15 is 0 Å². The zero-order valence-electron chi connectivity index (χ0n) is 14.5. The fraction of sp³-hybridized carbons (Fsp3) is 0.350. The van der Waals surface area contributed by atoms with E-state index in [-0.39, 0.29) is 13.1 Å². The van der Waals surface area contributed by atoms with Crippen molar-refractivity contribution >= 4 is 5.97 Å². The normalized spacial score (nSPS) is 14.3. The molecule has 0 aliphatic carbocycles. The zero-order valence-corrected chi connectivity index (χ0v) is 14.5. The van der Waals surface area contributed by atoms with Crippen molar-refractivity contribution in [3.8, 4) is 0 Å². The fourth-order valence-electron chi connectivity index (χ4n) is 2.64. The molecule has 2 aromatic carbocycles. The van der Waals surface area contributed by atoms with E-state index in [2.05, 4.69) is 0 Å². The molecule has 134 valence electrons. The number of hydrogen-bond acceptors (Lipinski definition) is 4. The maximum absolute atomic E-state index is 11.7. The van der Waals surface area contributed by atoms with Crippen LogP contribution in [0.2, 0.25) is 0 Å². The molecule has 0 heterocycles. The number of aliphatic hydroxyl groups is 2. The van der Waals surface area contributed by atoms with E-state index in [9.17, 15) is 20.1 Å². The number of carboxylic acid groups (broad SMARTS) is 1. The Morgan fingerprint density at radius 1 is 0.880 bits per heavy atom. The van der Waals surface area contributed by atoms with Crippen LogP contribution in [0.15, 0.2) is 60.7 Å². The molecule has 5 nitrogen and oxygen atoms in total. The third-order valence-electron chi connectivity index (χ3n) is 4.47. The van der Waals surface area contributed by atoms with Gasteiger partial charge in [-0.2, -0.15) is 0 Å².